The van der Waals surface area contributed by atoms with E-state index in [0.717, 1.165) is 19.4 Å². The second-order valence-corrected chi connectivity index (χ2v) is 4.17. The maximum Gasteiger partial charge on any atom is 0.310 e. The smallest absolute Gasteiger partial charge is 0.310 e. The summed E-state index contributed by atoms with van der Waals surface area (Å²) in [6.07, 6.45) is 1.62. The number of carboxylic acid groups (broad SMARTS) is 1. The second kappa shape index (κ2) is 4.03. The number of nitrogens with one attached hydrogen (secondary N) is 1. The number of benzene rings is 1. The maximum atomic E-state index is 10.9. The molecule has 2 N–H and O–H groups in total. The highest BCUT2D eigenvalue weighted by Gasteiger charge is 2.49. The molecule has 0 amide bonds. The molecule has 0 bridgehead atoms. The highest BCUT2D eigenvalue weighted by atomic mass is 16.4. The Labute approximate surface area is 89.1 Å². The van der Waals surface area contributed by atoms with Crippen LogP contribution in [0.2, 0.25) is 0 Å². The molecular formula is C12H15NO2. The van der Waals surface area contributed by atoms with Gasteiger partial charge in [0.05, 0.1) is 5.41 Å². The van der Waals surface area contributed by atoms with Gasteiger partial charge in [0.25, 0.3) is 0 Å². The van der Waals surface area contributed by atoms with Crippen molar-refractivity contribution >= 4 is 5.97 Å². The number of rotatable bonds is 5. The molecule has 80 valence electrons. The van der Waals surface area contributed by atoms with E-state index in [9.17, 15) is 4.79 Å². The van der Waals surface area contributed by atoms with E-state index in [0.29, 0.717) is 6.54 Å². The quantitative estimate of drug-likeness (QED) is 0.768. The van der Waals surface area contributed by atoms with Gasteiger partial charge in [-0.15, -0.1) is 0 Å². The van der Waals surface area contributed by atoms with Gasteiger partial charge >= 0.3 is 5.97 Å². The SMILES string of the molecule is O=C(O)C1(CNCc2ccccc2)CC1. The zero-order valence-electron chi connectivity index (χ0n) is 8.57. The monoisotopic (exact) mass is 205 g/mol. The maximum absolute atomic E-state index is 10.9. The Balaban J connectivity index is 1.79. The van der Waals surface area contributed by atoms with Crippen LogP contribution < -0.4 is 5.32 Å². The van der Waals surface area contributed by atoms with Crippen molar-refractivity contribution in [3.05, 3.63) is 35.9 Å². The van der Waals surface area contributed by atoms with Gasteiger partial charge < -0.3 is 10.4 Å². The van der Waals surface area contributed by atoms with Crippen LogP contribution in [0, 0.1) is 5.41 Å². The van der Waals surface area contributed by atoms with Crippen LogP contribution in [-0.4, -0.2) is 17.6 Å². The summed E-state index contributed by atoms with van der Waals surface area (Å²) in [4.78, 5) is 10.9. The average Bonchev–Trinajstić information content (AvgIpc) is 3.01. The molecule has 0 unspecified atom stereocenters. The summed E-state index contributed by atoms with van der Waals surface area (Å²) in [6, 6.07) is 10.0. The van der Waals surface area contributed by atoms with E-state index in [1.54, 1.807) is 0 Å². The Hall–Kier alpha value is -1.35. The normalized spacial score (nSPS) is 17.3. The average molecular weight is 205 g/mol. The molecule has 1 aliphatic carbocycles. The third-order valence-corrected chi connectivity index (χ3v) is 2.94. The lowest BCUT2D eigenvalue weighted by molar-refractivity contribution is -0.143. The highest BCUT2D eigenvalue weighted by Crippen LogP contribution is 2.45. The molecule has 3 heteroatoms. The van der Waals surface area contributed by atoms with Gasteiger partial charge in [0.2, 0.25) is 0 Å². The van der Waals surface area contributed by atoms with Crippen molar-refractivity contribution in [2.45, 2.75) is 19.4 Å². The number of carboxylic acids is 1. The highest BCUT2D eigenvalue weighted by molar-refractivity contribution is 5.78. The van der Waals surface area contributed by atoms with Crippen LogP contribution in [0.1, 0.15) is 18.4 Å². The van der Waals surface area contributed by atoms with Gasteiger partial charge in [-0.2, -0.15) is 0 Å². The minimum Gasteiger partial charge on any atom is -0.481 e. The first-order valence-corrected chi connectivity index (χ1v) is 5.21. The van der Waals surface area contributed by atoms with Gasteiger partial charge in [-0.1, -0.05) is 30.3 Å². The largest absolute Gasteiger partial charge is 0.481 e. The van der Waals surface area contributed by atoms with Crippen LogP contribution in [0.3, 0.4) is 0 Å². The number of carbonyl (C=O) groups is 1. The van der Waals surface area contributed by atoms with Gasteiger partial charge in [0.1, 0.15) is 0 Å². The van der Waals surface area contributed by atoms with Crippen LogP contribution in [0.5, 0.6) is 0 Å². The van der Waals surface area contributed by atoms with Gasteiger partial charge in [-0.25, -0.2) is 0 Å². The summed E-state index contributed by atoms with van der Waals surface area (Å²) >= 11 is 0. The molecule has 1 aromatic carbocycles. The van der Waals surface area contributed by atoms with Crippen LogP contribution >= 0.6 is 0 Å². The summed E-state index contributed by atoms with van der Waals surface area (Å²) < 4.78 is 0. The molecule has 1 saturated carbocycles. The molecular weight excluding hydrogens is 190 g/mol. The van der Waals surface area contributed by atoms with Gasteiger partial charge in [-0.05, 0) is 18.4 Å². The predicted molar refractivity (Wildman–Crippen MR) is 57.5 cm³/mol. The molecule has 2 rings (SSSR count). The van der Waals surface area contributed by atoms with Crippen molar-refractivity contribution in [3.63, 3.8) is 0 Å². The number of hydrogen-bond donors (Lipinski definition) is 2. The van der Waals surface area contributed by atoms with Crippen molar-refractivity contribution in [3.8, 4) is 0 Å². The topological polar surface area (TPSA) is 49.3 Å². The number of hydrogen-bond acceptors (Lipinski definition) is 2. The van der Waals surface area contributed by atoms with E-state index in [1.807, 2.05) is 30.3 Å². The van der Waals surface area contributed by atoms with Crippen molar-refractivity contribution in [1.82, 2.24) is 5.32 Å². The Morgan fingerprint density at radius 3 is 2.53 bits per heavy atom. The third-order valence-electron chi connectivity index (χ3n) is 2.94. The minimum absolute atomic E-state index is 0.464. The van der Waals surface area contributed by atoms with E-state index in [4.69, 9.17) is 5.11 Å². The zero-order valence-corrected chi connectivity index (χ0v) is 8.57. The lowest BCUT2D eigenvalue weighted by Gasteiger charge is -2.10. The second-order valence-electron chi connectivity index (χ2n) is 4.17. The summed E-state index contributed by atoms with van der Waals surface area (Å²) in [7, 11) is 0. The van der Waals surface area contributed by atoms with Crippen LogP contribution in [0.4, 0.5) is 0 Å². The zero-order chi connectivity index (χ0) is 10.7. The van der Waals surface area contributed by atoms with Crippen LogP contribution in [0.25, 0.3) is 0 Å². The summed E-state index contributed by atoms with van der Waals surface area (Å²) in [6.45, 7) is 1.33. The molecule has 0 saturated heterocycles. The van der Waals surface area contributed by atoms with Crippen molar-refractivity contribution in [1.29, 1.82) is 0 Å². The lowest BCUT2D eigenvalue weighted by Crippen LogP contribution is -2.29. The first kappa shape index (κ1) is 10.2. The van der Waals surface area contributed by atoms with Gasteiger partial charge in [0.15, 0.2) is 0 Å². The van der Waals surface area contributed by atoms with E-state index in [-0.39, 0.29) is 0 Å². The molecule has 0 radical (unpaired) electrons. The molecule has 15 heavy (non-hydrogen) atoms. The minimum atomic E-state index is -0.664. The Morgan fingerprint density at radius 1 is 1.33 bits per heavy atom. The molecule has 1 aromatic rings. The first-order valence-electron chi connectivity index (χ1n) is 5.21. The fraction of sp³-hybridized carbons (Fsp3) is 0.417. The summed E-state index contributed by atoms with van der Waals surface area (Å²) in [5.74, 6) is -0.664. The van der Waals surface area contributed by atoms with Crippen LogP contribution in [0.15, 0.2) is 30.3 Å². The molecule has 0 aromatic heterocycles. The van der Waals surface area contributed by atoms with Crippen molar-refractivity contribution in [2.24, 2.45) is 5.41 Å². The fourth-order valence-corrected chi connectivity index (χ4v) is 1.66. The van der Waals surface area contributed by atoms with Gasteiger partial charge in [0, 0.05) is 13.1 Å². The molecule has 3 nitrogen and oxygen atoms in total. The Bertz CT molecular complexity index is 344. The van der Waals surface area contributed by atoms with Crippen molar-refractivity contribution < 1.29 is 9.90 Å². The Kier molecular flexibility index (Phi) is 2.73. The van der Waals surface area contributed by atoms with Gasteiger partial charge in [-0.3, -0.25) is 4.79 Å². The molecule has 0 atom stereocenters. The van der Waals surface area contributed by atoms with E-state index in [1.165, 1.54) is 5.56 Å². The molecule has 0 aliphatic heterocycles. The fourth-order valence-electron chi connectivity index (χ4n) is 1.66. The van der Waals surface area contributed by atoms with E-state index < -0.39 is 11.4 Å². The summed E-state index contributed by atoms with van der Waals surface area (Å²) in [5.41, 5.74) is 0.730. The van der Waals surface area contributed by atoms with E-state index >= 15 is 0 Å². The van der Waals surface area contributed by atoms with Crippen LogP contribution in [-0.2, 0) is 11.3 Å². The first-order chi connectivity index (χ1) is 7.23. The summed E-state index contributed by atoms with van der Waals surface area (Å²) in [5, 5.41) is 12.2. The molecule has 1 fully saturated rings. The third kappa shape index (κ3) is 2.36. The molecule has 0 heterocycles. The Morgan fingerprint density at radius 2 is 2.00 bits per heavy atom. The lowest BCUT2D eigenvalue weighted by atomic mass is 10.1. The standard InChI is InChI=1S/C12H15NO2/c14-11(15)12(6-7-12)9-13-8-10-4-2-1-3-5-10/h1-5,13H,6-9H2,(H,14,15). The van der Waals surface area contributed by atoms with Crippen molar-refractivity contribution in [2.75, 3.05) is 6.54 Å². The molecule has 1 aliphatic rings. The predicted octanol–water partition coefficient (Wildman–Crippen LogP) is 1.64. The number of aliphatic carboxylic acids is 1. The molecule has 0 spiro atoms. The van der Waals surface area contributed by atoms with E-state index in [2.05, 4.69) is 5.32 Å².